The van der Waals surface area contributed by atoms with E-state index in [1.54, 1.807) is 37.3 Å². The van der Waals surface area contributed by atoms with Gasteiger partial charge in [0.15, 0.2) is 0 Å². The third kappa shape index (κ3) is 4.20. The van der Waals surface area contributed by atoms with Gasteiger partial charge in [-0.25, -0.2) is 18.2 Å². The molecule has 0 fully saturated rings. The monoisotopic (exact) mass is 479 g/mol. The van der Waals surface area contributed by atoms with Crippen molar-refractivity contribution in [3.63, 3.8) is 0 Å². The van der Waals surface area contributed by atoms with E-state index < -0.39 is 27.2 Å². The highest BCUT2D eigenvalue weighted by Gasteiger charge is 2.17. The Bertz CT molecular complexity index is 1660. The van der Waals surface area contributed by atoms with Crippen LogP contribution in [0.3, 0.4) is 0 Å². The average Bonchev–Trinajstić information content (AvgIpc) is 2.83. The highest BCUT2D eigenvalue weighted by Crippen LogP contribution is 2.24. The molecule has 4 rings (SSSR count). The lowest BCUT2D eigenvalue weighted by atomic mass is 10.1. The Balaban J connectivity index is 1.64. The number of rotatable bonds is 5. The molecular weight excluding hydrogens is 458 g/mol. The van der Waals surface area contributed by atoms with Crippen molar-refractivity contribution in [2.45, 2.75) is 11.8 Å². The molecule has 0 aliphatic heterocycles. The third-order valence-electron chi connectivity index (χ3n) is 5.35. The fraction of sp³-hybridized carbons (Fsp3) is 0.130. The largest absolute Gasteiger partial charge is 0.332 e. The molecule has 2 N–H and O–H groups in total. The van der Waals surface area contributed by atoms with E-state index in [1.165, 1.54) is 49.1 Å². The number of nitrogens with one attached hydrogen (secondary N) is 2. The molecule has 10 nitrogen and oxygen atoms in total. The SMILES string of the molecule is Cc1ccc(NC(=O)c2cnc3c(c2)c(=O)n(C)c(=O)n3C)cc1NS(=O)(=O)c1ccccc1. The Morgan fingerprint density at radius 1 is 0.971 bits per heavy atom. The number of aromatic nitrogens is 3. The van der Waals surface area contributed by atoms with Gasteiger partial charge in [-0.1, -0.05) is 24.3 Å². The molecule has 0 bridgehead atoms. The van der Waals surface area contributed by atoms with Gasteiger partial charge in [0.2, 0.25) is 0 Å². The summed E-state index contributed by atoms with van der Waals surface area (Å²) in [5.74, 6) is -0.550. The minimum Gasteiger partial charge on any atom is -0.322 e. The van der Waals surface area contributed by atoms with Crippen LogP contribution in [0.4, 0.5) is 11.4 Å². The number of hydrogen-bond donors (Lipinski definition) is 2. The molecule has 1 amide bonds. The smallest absolute Gasteiger partial charge is 0.322 e. The number of sulfonamides is 1. The molecule has 11 heteroatoms. The van der Waals surface area contributed by atoms with Crippen LogP contribution in [0.2, 0.25) is 0 Å². The van der Waals surface area contributed by atoms with Gasteiger partial charge >= 0.3 is 5.69 Å². The van der Waals surface area contributed by atoms with E-state index in [1.807, 2.05) is 0 Å². The summed E-state index contributed by atoms with van der Waals surface area (Å²) >= 11 is 0. The number of aryl methyl sites for hydroxylation is 2. The van der Waals surface area contributed by atoms with Crippen molar-refractivity contribution < 1.29 is 13.2 Å². The summed E-state index contributed by atoms with van der Waals surface area (Å²) in [6, 6.07) is 14.1. The van der Waals surface area contributed by atoms with Gasteiger partial charge in [0.05, 0.1) is 21.5 Å². The lowest BCUT2D eigenvalue weighted by Crippen LogP contribution is -2.37. The maximum absolute atomic E-state index is 12.8. The second kappa shape index (κ2) is 8.60. The van der Waals surface area contributed by atoms with Crippen molar-refractivity contribution >= 4 is 38.3 Å². The summed E-state index contributed by atoms with van der Waals surface area (Å²) in [4.78, 5) is 41.6. The molecule has 0 radical (unpaired) electrons. The Hall–Kier alpha value is -4.25. The van der Waals surface area contributed by atoms with Crippen molar-refractivity contribution in [1.82, 2.24) is 14.1 Å². The van der Waals surface area contributed by atoms with E-state index >= 15 is 0 Å². The topological polar surface area (TPSA) is 132 Å². The Labute approximate surface area is 194 Å². The summed E-state index contributed by atoms with van der Waals surface area (Å²) in [7, 11) is -0.976. The zero-order valence-electron chi connectivity index (χ0n) is 18.6. The summed E-state index contributed by atoms with van der Waals surface area (Å²) in [6.45, 7) is 1.74. The highest BCUT2D eigenvalue weighted by atomic mass is 32.2. The van der Waals surface area contributed by atoms with Crippen molar-refractivity contribution in [2.75, 3.05) is 10.0 Å². The molecule has 34 heavy (non-hydrogen) atoms. The van der Waals surface area contributed by atoms with Gasteiger partial charge in [-0.2, -0.15) is 0 Å². The standard InChI is InChI=1S/C23H21N5O5S/c1-14-9-10-16(12-19(14)26-34(32,33)17-7-5-4-6-8-17)25-21(29)15-11-18-20(24-13-15)27(2)23(31)28(3)22(18)30/h4-13,26H,1-3H3,(H,25,29). The fourth-order valence-electron chi connectivity index (χ4n) is 3.41. The van der Waals surface area contributed by atoms with Crippen LogP contribution in [0.1, 0.15) is 15.9 Å². The first kappa shape index (κ1) is 22.9. The average molecular weight is 480 g/mol. The molecular formula is C23H21N5O5S. The quantitative estimate of drug-likeness (QED) is 0.450. The highest BCUT2D eigenvalue weighted by molar-refractivity contribution is 7.92. The van der Waals surface area contributed by atoms with Crippen LogP contribution in [0.15, 0.2) is 75.3 Å². The number of amides is 1. The summed E-state index contributed by atoms with van der Waals surface area (Å²) < 4.78 is 30.1. The van der Waals surface area contributed by atoms with Gasteiger partial charge in [0.1, 0.15) is 5.65 Å². The number of benzene rings is 2. The zero-order valence-corrected chi connectivity index (χ0v) is 19.4. The molecule has 0 aliphatic rings. The van der Waals surface area contributed by atoms with Crippen molar-refractivity contribution in [2.24, 2.45) is 14.1 Å². The number of anilines is 2. The Morgan fingerprint density at radius 2 is 1.68 bits per heavy atom. The lowest BCUT2D eigenvalue weighted by molar-refractivity contribution is 0.102. The van der Waals surface area contributed by atoms with E-state index in [-0.39, 0.29) is 21.5 Å². The molecule has 2 heterocycles. The maximum atomic E-state index is 12.8. The van der Waals surface area contributed by atoms with Gasteiger partial charge in [-0.15, -0.1) is 0 Å². The van der Waals surface area contributed by atoms with Crippen LogP contribution in [0.5, 0.6) is 0 Å². The number of fused-ring (bicyclic) bond motifs is 1. The summed E-state index contributed by atoms with van der Waals surface area (Å²) in [5.41, 5.74) is 0.500. The second-order valence-corrected chi connectivity index (χ2v) is 9.39. The Kier molecular flexibility index (Phi) is 5.80. The first-order valence-corrected chi connectivity index (χ1v) is 11.6. The molecule has 0 unspecified atom stereocenters. The summed E-state index contributed by atoms with van der Waals surface area (Å²) in [5, 5.41) is 2.81. The van der Waals surface area contributed by atoms with Crippen LogP contribution < -0.4 is 21.3 Å². The van der Waals surface area contributed by atoms with E-state index in [0.29, 0.717) is 16.9 Å². The number of carbonyl (C=O) groups is 1. The van der Waals surface area contributed by atoms with Crippen LogP contribution in [-0.2, 0) is 24.1 Å². The molecule has 0 atom stereocenters. The molecule has 2 aromatic heterocycles. The first-order valence-electron chi connectivity index (χ1n) is 10.1. The number of nitrogens with zero attached hydrogens (tertiary/aromatic N) is 3. The molecule has 0 aliphatic carbocycles. The molecule has 4 aromatic rings. The van der Waals surface area contributed by atoms with E-state index in [2.05, 4.69) is 15.0 Å². The van der Waals surface area contributed by atoms with Gasteiger partial charge in [0.25, 0.3) is 21.5 Å². The fourth-order valence-corrected chi connectivity index (χ4v) is 4.55. The molecule has 0 saturated heterocycles. The van der Waals surface area contributed by atoms with E-state index in [4.69, 9.17) is 0 Å². The van der Waals surface area contributed by atoms with Crippen LogP contribution in [0.25, 0.3) is 11.0 Å². The van der Waals surface area contributed by atoms with Gasteiger partial charge < -0.3 is 5.32 Å². The number of hydrogen-bond acceptors (Lipinski definition) is 6. The van der Waals surface area contributed by atoms with E-state index in [9.17, 15) is 22.8 Å². The molecule has 0 spiro atoms. The van der Waals surface area contributed by atoms with Gasteiger partial charge in [-0.05, 0) is 42.8 Å². The number of carbonyl (C=O) groups excluding carboxylic acids is 1. The first-order chi connectivity index (χ1) is 16.1. The molecule has 0 saturated carbocycles. The molecule has 174 valence electrons. The van der Waals surface area contributed by atoms with Crippen molar-refractivity contribution in [3.05, 3.63) is 92.8 Å². The third-order valence-corrected chi connectivity index (χ3v) is 6.73. The minimum atomic E-state index is -3.81. The van der Waals surface area contributed by atoms with Gasteiger partial charge in [0, 0.05) is 26.0 Å². The number of pyridine rings is 1. The normalized spacial score (nSPS) is 11.4. The van der Waals surface area contributed by atoms with Gasteiger partial charge in [-0.3, -0.25) is 23.4 Å². The second-order valence-electron chi connectivity index (χ2n) is 7.70. The Morgan fingerprint density at radius 3 is 2.38 bits per heavy atom. The van der Waals surface area contributed by atoms with Crippen molar-refractivity contribution in [1.29, 1.82) is 0 Å². The molecule has 2 aromatic carbocycles. The van der Waals surface area contributed by atoms with Crippen LogP contribution in [0, 0.1) is 6.92 Å². The zero-order chi connectivity index (χ0) is 24.6. The van der Waals surface area contributed by atoms with E-state index in [0.717, 1.165) is 4.57 Å². The lowest BCUT2D eigenvalue weighted by Gasteiger charge is -2.13. The maximum Gasteiger partial charge on any atom is 0.332 e. The summed E-state index contributed by atoms with van der Waals surface area (Å²) in [6.07, 6.45) is 1.27. The predicted octanol–water partition coefficient (Wildman–Crippen LogP) is 1.99. The van der Waals surface area contributed by atoms with Crippen LogP contribution >= 0.6 is 0 Å². The van der Waals surface area contributed by atoms with Crippen LogP contribution in [-0.4, -0.2) is 28.4 Å². The van der Waals surface area contributed by atoms with Crippen molar-refractivity contribution in [3.8, 4) is 0 Å². The predicted molar refractivity (Wildman–Crippen MR) is 129 cm³/mol. The minimum absolute atomic E-state index is 0.107.